The Morgan fingerprint density at radius 2 is 1.89 bits per heavy atom. The lowest BCUT2D eigenvalue weighted by Crippen LogP contribution is -2.29. The third-order valence-corrected chi connectivity index (χ3v) is 5.16. The van der Waals surface area contributed by atoms with Crippen molar-refractivity contribution in [2.45, 2.75) is 12.8 Å². The summed E-state index contributed by atoms with van der Waals surface area (Å²) in [7, 11) is 0. The van der Waals surface area contributed by atoms with Crippen molar-refractivity contribution in [1.29, 1.82) is 0 Å². The summed E-state index contributed by atoms with van der Waals surface area (Å²) in [5.74, 6) is 0.0234. The van der Waals surface area contributed by atoms with Gasteiger partial charge in [-0.2, -0.15) is 0 Å². The maximum atomic E-state index is 12.5. The van der Waals surface area contributed by atoms with Gasteiger partial charge in [0.15, 0.2) is 5.76 Å². The number of hydrogen-bond acceptors (Lipinski definition) is 2. The molecular weight excluding hydrogens is 360 g/mol. The molecular formula is C22H19ClN2O2. The fourth-order valence-electron chi connectivity index (χ4n) is 3.41. The molecule has 27 heavy (non-hydrogen) atoms. The third kappa shape index (κ3) is 3.36. The summed E-state index contributed by atoms with van der Waals surface area (Å²) >= 11 is 6.49. The number of aryl methyl sites for hydroxylation is 1. The van der Waals surface area contributed by atoms with E-state index in [-0.39, 0.29) is 11.8 Å². The Bertz CT molecular complexity index is 1100. The van der Waals surface area contributed by atoms with Crippen LogP contribution in [0.3, 0.4) is 0 Å². The van der Waals surface area contributed by atoms with Crippen molar-refractivity contribution >= 4 is 28.4 Å². The largest absolute Gasteiger partial charge is 0.459 e. The van der Waals surface area contributed by atoms with E-state index in [1.807, 2.05) is 55.6 Å². The molecule has 136 valence electrons. The van der Waals surface area contributed by atoms with E-state index >= 15 is 0 Å². The average molecular weight is 379 g/mol. The van der Waals surface area contributed by atoms with E-state index in [2.05, 4.69) is 16.4 Å². The first kappa shape index (κ1) is 17.4. The minimum absolute atomic E-state index is 0.0888. The lowest BCUT2D eigenvalue weighted by atomic mass is 9.90. The number of hydrogen-bond donors (Lipinski definition) is 2. The van der Waals surface area contributed by atoms with Gasteiger partial charge in [-0.05, 0) is 36.2 Å². The van der Waals surface area contributed by atoms with Crippen LogP contribution in [-0.4, -0.2) is 17.4 Å². The molecule has 4 nitrogen and oxygen atoms in total. The number of aromatic amines is 1. The summed E-state index contributed by atoms with van der Waals surface area (Å²) in [6.45, 7) is 2.26. The lowest BCUT2D eigenvalue weighted by Gasteiger charge is -2.19. The highest BCUT2D eigenvalue weighted by Crippen LogP contribution is 2.34. The summed E-state index contributed by atoms with van der Waals surface area (Å²) in [6.07, 6.45) is 3.51. The molecule has 0 spiro atoms. The van der Waals surface area contributed by atoms with Crippen LogP contribution in [0.2, 0.25) is 5.02 Å². The molecule has 1 amide bonds. The van der Waals surface area contributed by atoms with Gasteiger partial charge >= 0.3 is 0 Å². The number of fused-ring (bicyclic) bond motifs is 1. The Balaban J connectivity index is 1.70. The number of halogens is 1. The van der Waals surface area contributed by atoms with Gasteiger partial charge in [0, 0.05) is 40.1 Å². The second kappa shape index (κ2) is 7.33. The van der Waals surface area contributed by atoms with E-state index in [1.54, 1.807) is 6.07 Å². The zero-order valence-electron chi connectivity index (χ0n) is 14.8. The van der Waals surface area contributed by atoms with E-state index in [0.29, 0.717) is 17.3 Å². The van der Waals surface area contributed by atoms with E-state index in [4.69, 9.17) is 16.0 Å². The van der Waals surface area contributed by atoms with E-state index < -0.39 is 0 Å². The Labute approximate surface area is 162 Å². The van der Waals surface area contributed by atoms with Crippen LogP contribution in [0.4, 0.5) is 0 Å². The molecule has 1 atom stereocenters. The van der Waals surface area contributed by atoms with Crippen LogP contribution >= 0.6 is 11.6 Å². The average Bonchev–Trinajstić information content (AvgIpc) is 3.30. The Morgan fingerprint density at radius 1 is 1.11 bits per heavy atom. The van der Waals surface area contributed by atoms with Crippen molar-refractivity contribution in [2.24, 2.45) is 0 Å². The quantitative estimate of drug-likeness (QED) is 0.496. The van der Waals surface area contributed by atoms with Crippen molar-refractivity contribution in [2.75, 3.05) is 6.54 Å². The Kier molecular flexibility index (Phi) is 4.73. The summed E-state index contributed by atoms with van der Waals surface area (Å²) in [5, 5.41) is 4.79. The minimum atomic E-state index is -0.227. The third-order valence-electron chi connectivity index (χ3n) is 4.81. The van der Waals surface area contributed by atoms with Crippen LogP contribution in [0.25, 0.3) is 10.9 Å². The number of furan rings is 1. The van der Waals surface area contributed by atoms with Crippen LogP contribution in [0, 0.1) is 6.92 Å². The highest BCUT2D eigenvalue weighted by Gasteiger charge is 2.22. The maximum absolute atomic E-state index is 12.5. The number of amides is 1. The maximum Gasteiger partial charge on any atom is 0.287 e. The number of carbonyl (C=O) groups is 1. The first-order valence-electron chi connectivity index (χ1n) is 8.78. The molecule has 2 aromatic carbocycles. The molecule has 4 aromatic rings. The summed E-state index contributed by atoms with van der Waals surface area (Å²) < 4.78 is 5.30. The van der Waals surface area contributed by atoms with Gasteiger partial charge < -0.3 is 14.7 Å². The van der Waals surface area contributed by atoms with Crippen LogP contribution < -0.4 is 5.32 Å². The van der Waals surface area contributed by atoms with Crippen molar-refractivity contribution < 1.29 is 9.21 Å². The van der Waals surface area contributed by atoms with Gasteiger partial charge in [-0.15, -0.1) is 0 Å². The number of rotatable bonds is 5. The van der Waals surface area contributed by atoms with Crippen molar-refractivity contribution in [3.05, 3.63) is 94.5 Å². The normalized spacial score (nSPS) is 12.2. The van der Waals surface area contributed by atoms with Gasteiger partial charge in [-0.1, -0.05) is 48.0 Å². The smallest absolute Gasteiger partial charge is 0.287 e. The van der Waals surface area contributed by atoms with Gasteiger partial charge in [0.05, 0.1) is 6.26 Å². The molecule has 0 saturated heterocycles. The fraction of sp³-hybridized carbons (Fsp3) is 0.136. The molecule has 0 aliphatic rings. The van der Waals surface area contributed by atoms with Crippen LogP contribution in [0.5, 0.6) is 0 Å². The molecule has 4 rings (SSSR count). The van der Waals surface area contributed by atoms with Crippen molar-refractivity contribution in [1.82, 2.24) is 10.3 Å². The molecule has 5 heteroatoms. The second-order valence-corrected chi connectivity index (χ2v) is 6.91. The molecule has 0 saturated carbocycles. The van der Waals surface area contributed by atoms with E-state index in [0.717, 1.165) is 27.6 Å². The van der Waals surface area contributed by atoms with Crippen molar-refractivity contribution in [3.63, 3.8) is 0 Å². The lowest BCUT2D eigenvalue weighted by molar-refractivity contribution is 0.0924. The molecule has 2 N–H and O–H groups in total. The molecule has 2 aromatic heterocycles. The SMILES string of the molecule is Cc1ccoc1C(=O)NCC(c1ccccc1Cl)c1c[nH]c2ccccc12. The predicted octanol–water partition coefficient (Wildman–Crippen LogP) is 5.28. The Morgan fingerprint density at radius 3 is 2.67 bits per heavy atom. The standard InChI is InChI=1S/C22H19ClN2O2/c1-14-10-11-27-21(14)22(26)25-13-17(15-6-2-4-8-19(15)23)18-12-24-20-9-5-3-7-16(18)20/h2-12,17,24H,13H2,1H3,(H,25,26). The monoisotopic (exact) mass is 378 g/mol. The Hall–Kier alpha value is -2.98. The number of nitrogens with one attached hydrogen (secondary N) is 2. The number of aromatic nitrogens is 1. The zero-order chi connectivity index (χ0) is 18.8. The predicted molar refractivity (Wildman–Crippen MR) is 107 cm³/mol. The number of carbonyl (C=O) groups excluding carboxylic acids is 1. The topological polar surface area (TPSA) is 58.0 Å². The van der Waals surface area contributed by atoms with Gasteiger partial charge in [-0.25, -0.2) is 0 Å². The highest BCUT2D eigenvalue weighted by molar-refractivity contribution is 6.31. The zero-order valence-corrected chi connectivity index (χ0v) is 15.6. The van der Waals surface area contributed by atoms with Crippen LogP contribution in [-0.2, 0) is 0 Å². The molecule has 0 fully saturated rings. The fourth-order valence-corrected chi connectivity index (χ4v) is 3.68. The van der Waals surface area contributed by atoms with Gasteiger partial charge in [0.25, 0.3) is 5.91 Å². The molecule has 0 aliphatic heterocycles. The number of benzene rings is 2. The molecule has 0 bridgehead atoms. The summed E-state index contributed by atoms with van der Waals surface area (Å²) in [4.78, 5) is 15.8. The molecule has 2 heterocycles. The van der Waals surface area contributed by atoms with Crippen LogP contribution in [0.15, 0.2) is 71.5 Å². The summed E-state index contributed by atoms with van der Waals surface area (Å²) in [6, 6.07) is 17.6. The summed E-state index contributed by atoms with van der Waals surface area (Å²) in [5.41, 5.74) is 3.93. The molecule has 0 aliphatic carbocycles. The number of H-pyrrole nitrogens is 1. The number of para-hydroxylation sites is 1. The van der Waals surface area contributed by atoms with Gasteiger partial charge in [-0.3, -0.25) is 4.79 Å². The first-order chi connectivity index (χ1) is 13.1. The molecule has 0 radical (unpaired) electrons. The van der Waals surface area contributed by atoms with Gasteiger partial charge in [0.1, 0.15) is 0 Å². The highest BCUT2D eigenvalue weighted by atomic mass is 35.5. The van der Waals surface area contributed by atoms with E-state index in [9.17, 15) is 4.79 Å². The second-order valence-electron chi connectivity index (χ2n) is 6.51. The minimum Gasteiger partial charge on any atom is -0.459 e. The van der Waals surface area contributed by atoms with E-state index in [1.165, 1.54) is 6.26 Å². The first-order valence-corrected chi connectivity index (χ1v) is 9.15. The van der Waals surface area contributed by atoms with Crippen molar-refractivity contribution in [3.8, 4) is 0 Å². The van der Waals surface area contributed by atoms with Gasteiger partial charge in [0.2, 0.25) is 0 Å². The van der Waals surface area contributed by atoms with Crippen LogP contribution in [0.1, 0.15) is 33.2 Å². The molecule has 1 unspecified atom stereocenters.